The van der Waals surface area contributed by atoms with E-state index in [0.29, 0.717) is 6.07 Å². The fourth-order valence-electron chi connectivity index (χ4n) is 1.57. The van der Waals surface area contributed by atoms with Crippen molar-refractivity contribution in [3.05, 3.63) is 39.4 Å². The first-order chi connectivity index (χ1) is 9.72. The second-order valence-corrected chi connectivity index (χ2v) is 4.35. The lowest BCUT2D eigenvalue weighted by atomic mass is 10.1. The van der Waals surface area contributed by atoms with Gasteiger partial charge in [0, 0.05) is 24.6 Å². The van der Waals surface area contributed by atoms with Crippen LogP contribution in [0.15, 0.2) is 12.1 Å². The Morgan fingerprint density at radius 1 is 1.38 bits per heavy atom. The summed E-state index contributed by atoms with van der Waals surface area (Å²) in [4.78, 5) is 31.6. The smallest absolute Gasteiger partial charge is 0.305 e. The molecule has 0 fully saturated rings. The maximum atomic E-state index is 13.5. The molecule has 114 valence electrons. The Hall–Kier alpha value is -2.58. The molecule has 1 aromatic rings. The van der Waals surface area contributed by atoms with Crippen molar-refractivity contribution in [2.75, 3.05) is 0 Å². The Labute approximate surface area is 117 Å². The van der Waals surface area contributed by atoms with Gasteiger partial charge in [-0.25, -0.2) is 4.39 Å². The molecular formula is C12H12F2N2O5. The van der Waals surface area contributed by atoms with Crippen LogP contribution in [0, 0.1) is 21.7 Å². The predicted octanol–water partition coefficient (Wildman–Crippen LogP) is 1.86. The van der Waals surface area contributed by atoms with Crippen LogP contribution in [0.2, 0.25) is 0 Å². The highest BCUT2D eigenvalue weighted by Gasteiger charge is 2.23. The van der Waals surface area contributed by atoms with E-state index in [1.54, 1.807) is 0 Å². The van der Waals surface area contributed by atoms with Gasteiger partial charge in [-0.2, -0.15) is 4.39 Å². The van der Waals surface area contributed by atoms with Crippen molar-refractivity contribution < 1.29 is 28.4 Å². The largest absolute Gasteiger partial charge is 0.481 e. The molecule has 0 aromatic heterocycles. The molecule has 7 nitrogen and oxygen atoms in total. The monoisotopic (exact) mass is 302 g/mol. The Morgan fingerprint density at radius 2 is 2.00 bits per heavy atom. The number of carboxylic acid groups (broad SMARTS) is 1. The molecule has 0 aliphatic heterocycles. The van der Waals surface area contributed by atoms with E-state index in [1.165, 1.54) is 6.92 Å². The van der Waals surface area contributed by atoms with Crippen LogP contribution in [0.3, 0.4) is 0 Å². The zero-order valence-electron chi connectivity index (χ0n) is 10.9. The van der Waals surface area contributed by atoms with Gasteiger partial charge in [0.05, 0.1) is 10.5 Å². The molecule has 1 aromatic carbocycles. The summed E-state index contributed by atoms with van der Waals surface area (Å²) in [6.07, 6.45) is -0.0977. The van der Waals surface area contributed by atoms with Crippen LogP contribution in [-0.2, 0) is 4.79 Å². The molecule has 1 amide bonds. The van der Waals surface area contributed by atoms with Crippen molar-refractivity contribution in [1.29, 1.82) is 0 Å². The van der Waals surface area contributed by atoms with Crippen molar-refractivity contribution in [2.45, 2.75) is 25.8 Å². The van der Waals surface area contributed by atoms with Gasteiger partial charge in [0.15, 0.2) is 0 Å². The van der Waals surface area contributed by atoms with Gasteiger partial charge in [0.25, 0.3) is 5.91 Å². The number of nitrogens with one attached hydrogen (secondary N) is 1. The zero-order chi connectivity index (χ0) is 16.2. The first-order valence-electron chi connectivity index (χ1n) is 5.88. The lowest BCUT2D eigenvalue weighted by molar-refractivity contribution is -0.387. The molecule has 0 bridgehead atoms. The van der Waals surface area contributed by atoms with Crippen molar-refractivity contribution >= 4 is 17.6 Å². The van der Waals surface area contributed by atoms with Crippen LogP contribution in [0.4, 0.5) is 14.5 Å². The number of hydrogen-bond acceptors (Lipinski definition) is 4. The van der Waals surface area contributed by atoms with Crippen LogP contribution in [-0.4, -0.2) is 27.9 Å². The number of nitro benzene ring substituents is 1. The third-order valence-corrected chi connectivity index (χ3v) is 2.65. The van der Waals surface area contributed by atoms with Crippen LogP contribution in [0.1, 0.15) is 30.1 Å². The summed E-state index contributed by atoms with van der Waals surface area (Å²) >= 11 is 0. The molecule has 0 radical (unpaired) electrons. The summed E-state index contributed by atoms with van der Waals surface area (Å²) in [6.45, 7) is 1.50. The first-order valence-corrected chi connectivity index (χ1v) is 5.88. The Bertz CT molecular complexity index is 591. The summed E-state index contributed by atoms with van der Waals surface area (Å²) in [5.74, 6) is -4.65. The fraction of sp³-hybridized carbons (Fsp3) is 0.333. The minimum Gasteiger partial charge on any atom is -0.481 e. The second-order valence-electron chi connectivity index (χ2n) is 4.35. The molecule has 21 heavy (non-hydrogen) atoms. The maximum Gasteiger partial charge on any atom is 0.305 e. The lowest BCUT2D eigenvalue weighted by Gasteiger charge is -2.13. The van der Waals surface area contributed by atoms with E-state index in [-0.39, 0.29) is 18.9 Å². The molecule has 1 unspecified atom stereocenters. The minimum absolute atomic E-state index is 0.103. The summed E-state index contributed by atoms with van der Waals surface area (Å²) < 4.78 is 26.6. The van der Waals surface area contributed by atoms with Crippen LogP contribution < -0.4 is 5.32 Å². The topological polar surface area (TPSA) is 110 Å². The Kier molecular flexibility index (Phi) is 5.28. The number of nitro groups is 1. The van der Waals surface area contributed by atoms with Gasteiger partial charge in [0.2, 0.25) is 5.82 Å². The number of carbonyl (C=O) groups is 2. The molecule has 0 saturated carbocycles. The van der Waals surface area contributed by atoms with E-state index < -0.39 is 45.7 Å². The number of hydrogen-bond donors (Lipinski definition) is 2. The molecule has 1 atom stereocenters. The number of aliphatic carboxylic acids is 1. The SMILES string of the molecule is CC(CCC(=O)O)NC(=O)c1cc([N+](=O)[O-])c(F)cc1F. The van der Waals surface area contributed by atoms with Gasteiger partial charge in [-0.1, -0.05) is 0 Å². The molecule has 9 heteroatoms. The summed E-state index contributed by atoms with van der Waals surface area (Å²) in [5, 5.41) is 21.3. The number of benzene rings is 1. The van der Waals surface area contributed by atoms with Crippen LogP contribution in [0.25, 0.3) is 0 Å². The number of rotatable bonds is 6. The second kappa shape index (κ2) is 6.73. The van der Waals surface area contributed by atoms with E-state index in [0.717, 1.165) is 0 Å². The molecule has 2 N–H and O–H groups in total. The molecule has 0 spiro atoms. The van der Waals surface area contributed by atoms with E-state index in [4.69, 9.17) is 5.11 Å². The van der Waals surface area contributed by atoms with E-state index in [2.05, 4.69) is 5.32 Å². The van der Waals surface area contributed by atoms with Gasteiger partial charge in [-0.05, 0) is 13.3 Å². The highest BCUT2D eigenvalue weighted by Crippen LogP contribution is 2.21. The van der Waals surface area contributed by atoms with E-state index >= 15 is 0 Å². The number of nitrogens with zero attached hydrogens (tertiary/aromatic N) is 1. The van der Waals surface area contributed by atoms with Crippen LogP contribution in [0.5, 0.6) is 0 Å². The molecule has 0 heterocycles. The Morgan fingerprint density at radius 3 is 2.52 bits per heavy atom. The predicted molar refractivity (Wildman–Crippen MR) is 66.8 cm³/mol. The highest BCUT2D eigenvalue weighted by atomic mass is 19.1. The molecule has 0 saturated heterocycles. The third-order valence-electron chi connectivity index (χ3n) is 2.65. The summed E-state index contributed by atoms with van der Waals surface area (Å²) in [7, 11) is 0. The highest BCUT2D eigenvalue weighted by molar-refractivity contribution is 5.95. The summed E-state index contributed by atoms with van der Waals surface area (Å²) in [5.41, 5.74) is -1.69. The van der Waals surface area contributed by atoms with Crippen molar-refractivity contribution in [3.8, 4) is 0 Å². The van der Waals surface area contributed by atoms with Crippen molar-refractivity contribution in [1.82, 2.24) is 5.32 Å². The number of carboxylic acids is 1. The standard InChI is InChI=1S/C12H12F2N2O5/c1-6(2-3-11(17)18)15-12(19)7-4-10(16(20)21)9(14)5-8(7)13/h4-6H,2-3H2,1H3,(H,15,19)(H,17,18). The first kappa shape index (κ1) is 16.5. The summed E-state index contributed by atoms with van der Waals surface area (Å²) in [6, 6.07) is 0.177. The van der Waals surface area contributed by atoms with Gasteiger partial charge in [-0.15, -0.1) is 0 Å². The lowest BCUT2D eigenvalue weighted by Crippen LogP contribution is -2.33. The van der Waals surface area contributed by atoms with Gasteiger partial charge in [0.1, 0.15) is 5.82 Å². The van der Waals surface area contributed by atoms with Crippen LogP contribution >= 0.6 is 0 Å². The number of amides is 1. The fourth-order valence-corrected chi connectivity index (χ4v) is 1.57. The molecule has 1 rings (SSSR count). The van der Waals surface area contributed by atoms with Gasteiger partial charge < -0.3 is 10.4 Å². The number of carbonyl (C=O) groups excluding carboxylic acids is 1. The van der Waals surface area contributed by atoms with Crippen molar-refractivity contribution in [2.24, 2.45) is 0 Å². The quantitative estimate of drug-likeness (QED) is 0.615. The van der Waals surface area contributed by atoms with E-state index in [9.17, 15) is 28.5 Å². The molecule has 0 aliphatic rings. The Balaban J connectivity index is 2.89. The number of halogens is 2. The maximum absolute atomic E-state index is 13.5. The van der Waals surface area contributed by atoms with Gasteiger partial charge >= 0.3 is 11.7 Å². The minimum atomic E-state index is -1.38. The van der Waals surface area contributed by atoms with Gasteiger partial charge in [-0.3, -0.25) is 19.7 Å². The average molecular weight is 302 g/mol. The van der Waals surface area contributed by atoms with Crippen molar-refractivity contribution in [3.63, 3.8) is 0 Å². The third kappa shape index (κ3) is 4.48. The van der Waals surface area contributed by atoms with E-state index in [1.807, 2.05) is 0 Å². The zero-order valence-corrected chi connectivity index (χ0v) is 10.9. The molecule has 0 aliphatic carbocycles. The normalized spacial score (nSPS) is 11.8. The average Bonchev–Trinajstić information content (AvgIpc) is 2.35. The molecular weight excluding hydrogens is 290 g/mol.